The molecular weight excluding hydrogens is 320 g/mol. The van der Waals surface area contributed by atoms with Crippen molar-refractivity contribution in [2.24, 2.45) is 0 Å². The third kappa shape index (κ3) is 7.03. The zero-order valence-electron chi connectivity index (χ0n) is 14.8. The van der Waals surface area contributed by atoms with Gasteiger partial charge >= 0.3 is 5.97 Å². The normalized spacial score (nSPS) is 10.8. The molecule has 0 bridgehead atoms. The smallest absolute Gasteiger partial charge is 0.331 e. The first kappa shape index (κ1) is 20.2. The third-order valence-corrected chi connectivity index (χ3v) is 3.33. The number of esters is 1. The summed E-state index contributed by atoms with van der Waals surface area (Å²) in [7, 11) is 0. The topological polar surface area (TPSA) is 75.7 Å². The number of benzene rings is 1. The first-order valence-corrected chi connectivity index (χ1v) is 8.17. The first-order chi connectivity index (χ1) is 12.0. The molecule has 0 aliphatic rings. The van der Waals surface area contributed by atoms with E-state index in [1.54, 1.807) is 41.3 Å². The molecule has 25 heavy (non-hydrogen) atoms. The Morgan fingerprint density at radius 3 is 2.52 bits per heavy atom. The summed E-state index contributed by atoms with van der Waals surface area (Å²) >= 11 is 0. The van der Waals surface area contributed by atoms with E-state index in [0.29, 0.717) is 24.3 Å². The van der Waals surface area contributed by atoms with Crippen LogP contribution in [0, 0.1) is 0 Å². The van der Waals surface area contributed by atoms with Crippen LogP contribution in [0.15, 0.2) is 48.6 Å². The fraction of sp³-hybridized carbons (Fsp3) is 0.316. The number of hydrogen-bond donors (Lipinski definition) is 1. The van der Waals surface area contributed by atoms with Gasteiger partial charge in [0.25, 0.3) is 11.8 Å². The van der Waals surface area contributed by atoms with Gasteiger partial charge in [-0.1, -0.05) is 24.3 Å². The molecule has 1 rings (SSSR count). The van der Waals surface area contributed by atoms with Crippen LogP contribution in [0.5, 0.6) is 0 Å². The third-order valence-electron chi connectivity index (χ3n) is 3.33. The standard InChI is InChI=1S/C19H24N2O4/c1-4-7-8-12-18(23)25-14-17(22)20-16-11-9-10-15(13-16)19(24)21(5-2)6-3/h4,7-13H,5-6,14H2,1-3H3,(H,20,22)/b7-4+,12-8+. The molecule has 0 aliphatic carbocycles. The molecular formula is C19H24N2O4. The summed E-state index contributed by atoms with van der Waals surface area (Å²) in [5.41, 5.74) is 0.969. The van der Waals surface area contributed by atoms with Gasteiger partial charge in [0.1, 0.15) is 0 Å². The predicted molar refractivity (Wildman–Crippen MR) is 97.2 cm³/mol. The second-order valence-electron chi connectivity index (χ2n) is 5.10. The molecule has 0 spiro atoms. The Morgan fingerprint density at radius 2 is 1.88 bits per heavy atom. The van der Waals surface area contributed by atoms with Gasteiger partial charge in [0.2, 0.25) is 0 Å². The van der Waals surface area contributed by atoms with Gasteiger partial charge in [-0.15, -0.1) is 0 Å². The van der Waals surface area contributed by atoms with E-state index in [1.807, 2.05) is 20.8 Å². The van der Waals surface area contributed by atoms with Crippen molar-refractivity contribution in [2.75, 3.05) is 25.0 Å². The fourth-order valence-corrected chi connectivity index (χ4v) is 2.05. The van der Waals surface area contributed by atoms with E-state index in [4.69, 9.17) is 4.74 Å². The number of carbonyl (C=O) groups excluding carboxylic acids is 3. The van der Waals surface area contributed by atoms with Crippen LogP contribution in [0.25, 0.3) is 0 Å². The van der Waals surface area contributed by atoms with Crippen LogP contribution in [0.2, 0.25) is 0 Å². The van der Waals surface area contributed by atoms with E-state index in [9.17, 15) is 14.4 Å². The van der Waals surface area contributed by atoms with Crippen LogP contribution in [0.4, 0.5) is 5.69 Å². The maximum atomic E-state index is 12.3. The zero-order chi connectivity index (χ0) is 18.7. The number of amides is 2. The molecule has 2 amide bonds. The average Bonchev–Trinajstić information content (AvgIpc) is 2.61. The molecule has 1 aromatic carbocycles. The molecule has 1 N–H and O–H groups in total. The van der Waals surface area contributed by atoms with Crippen molar-refractivity contribution in [3.63, 3.8) is 0 Å². The van der Waals surface area contributed by atoms with Gasteiger partial charge in [-0.3, -0.25) is 9.59 Å². The lowest BCUT2D eigenvalue weighted by atomic mass is 10.1. The molecule has 0 saturated carbocycles. The van der Waals surface area contributed by atoms with Gasteiger partial charge in [-0.2, -0.15) is 0 Å². The molecule has 0 unspecified atom stereocenters. The molecule has 6 heteroatoms. The molecule has 0 heterocycles. The van der Waals surface area contributed by atoms with Crippen molar-refractivity contribution in [3.8, 4) is 0 Å². The van der Waals surface area contributed by atoms with Crippen molar-refractivity contribution in [1.82, 2.24) is 4.90 Å². The quantitative estimate of drug-likeness (QED) is 0.447. The Morgan fingerprint density at radius 1 is 1.16 bits per heavy atom. The van der Waals surface area contributed by atoms with Crippen LogP contribution in [-0.4, -0.2) is 42.4 Å². The Labute approximate surface area is 148 Å². The number of nitrogens with one attached hydrogen (secondary N) is 1. The maximum Gasteiger partial charge on any atom is 0.331 e. The minimum absolute atomic E-state index is 0.0957. The largest absolute Gasteiger partial charge is 0.452 e. The number of allylic oxidation sites excluding steroid dienone is 3. The van der Waals surface area contributed by atoms with Crippen LogP contribution in [0.3, 0.4) is 0 Å². The van der Waals surface area contributed by atoms with Crippen LogP contribution >= 0.6 is 0 Å². The summed E-state index contributed by atoms with van der Waals surface area (Å²) in [5.74, 6) is -1.17. The highest BCUT2D eigenvalue weighted by atomic mass is 16.5. The Bertz CT molecular complexity index is 661. The Kier molecular flexibility index (Phi) is 8.71. The molecule has 0 atom stereocenters. The first-order valence-electron chi connectivity index (χ1n) is 8.17. The number of rotatable bonds is 8. The summed E-state index contributed by atoms with van der Waals surface area (Å²) in [4.78, 5) is 37.2. The average molecular weight is 344 g/mol. The number of hydrogen-bond acceptors (Lipinski definition) is 4. The summed E-state index contributed by atoms with van der Waals surface area (Å²) < 4.78 is 4.83. The Hall–Kier alpha value is -2.89. The van der Waals surface area contributed by atoms with E-state index in [0.717, 1.165) is 0 Å². The van der Waals surface area contributed by atoms with Crippen LogP contribution in [-0.2, 0) is 14.3 Å². The second kappa shape index (κ2) is 10.8. The van der Waals surface area contributed by atoms with Crippen LogP contribution in [0.1, 0.15) is 31.1 Å². The molecule has 0 saturated heterocycles. The van der Waals surface area contributed by atoms with E-state index < -0.39 is 18.5 Å². The zero-order valence-corrected chi connectivity index (χ0v) is 14.8. The summed E-state index contributed by atoms with van der Waals surface area (Å²) in [6.45, 7) is 6.47. The van der Waals surface area contributed by atoms with Gasteiger partial charge in [0.15, 0.2) is 6.61 Å². The van der Waals surface area contributed by atoms with Gasteiger partial charge < -0.3 is 15.0 Å². The van der Waals surface area contributed by atoms with Gasteiger partial charge in [0, 0.05) is 30.4 Å². The minimum Gasteiger partial charge on any atom is -0.452 e. The summed E-state index contributed by atoms with van der Waals surface area (Å²) in [6, 6.07) is 6.66. The summed E-state index contributed by atoms with van der Waals surface area (Å²) in [6.07, 6.45) is 6.21. The van der Waals surface area contributed by atoms with Crippen molar-refractivity contribution in [2.45, 2.75) is 20.8 Å². The molecule has 134 valence electrons. The number of carbonyl (C=O) groups is 3. The molecule has 0 fully saturated rings. The lowest BCUT2D eigenvalue weighted by molar-refractivity contribution is -0.142. The number of nitrogens with zero attached hydrogens (tertiary/aromatic N) is 1. The van der Waals surface area contributed by atoms with E-state index in [2.05, 4.69) is 5.32 Å². The molecule has 0 aromatic heterocycles. The van der Waals surface area contributed by atoms with Gasteiger partial charge in [0.05, 0.1) is 0 Å². The van der Waals surface area contributed by atoms with E-state index >= 15 is 0 Å². The highest BCUT2D eigenvalue weighted by Gasteiger charge is 2.13. The highest BCUT2D eigenvalue weighted by Crippen LogP contribution is 2.13. The van der Waals surface area contributed by atoms with E-state index in [1.165, 1.54) is 12.2 Å². The SMILES string of the molecule is C/C=C/C=C/C(=O)OCC(=O)Nc1cccc(C(=O)N(CC)CC)c1. The van der Waals surface area contributed by atoms with Gasteiger partial charge in [-0.05, 0) is 39.0 Å². The molecule has 0 aliphatic heterocycles. The van der Waals surface area contributed by atoms with Crippen molar-refractivity contribution in [3.05, 3.63) is 54.1 Å². The predicted octanol–water partition coefficient (Wildman–Crippen LogP) is 2.78. The molecule has 1 aromatic rings. The Balaban J connectivity index is 2.62. The van der Waals surface area contributed by atoms with E-state index in [-0.39, 0.29) is 5.91 Å². The lowest BCUT2D eigenvalue weighted by Crippen LogP contribution is -2.30. The minimum atomic E-state index is -0.598. The fourth-order valence-electron chi connectivity index (χ4n) is 2.05. The highest BCUT2D eigenvalue weighted by molar-refractivity contribution is 5.98. The maximum absolute atomic E-state index is 12.3. The van der Waals surface area contributed by atoms with Crippen molar-refractivity contribution < 1.29 is 19.1 Å². The van der Waals surface area contributed by atoms with Crippen molar-refractivity contribution >= 4 is 23.5 Å². The number of ether oxygens (including phenoxy) is 1. The van der Waals surface area contributed by atoms with Crippen LogP contribution < -0.4 is 5.32 Å². The summed E-state index contributed by atoms with van der Waals surface area (Å²) in [5, 5.41) is 2.61. The number of anilines is 1. The second-order valence-corrected chi connectivity index (χ2v) is 5.10. The van der Waals surface area contributed by atoms with Gasteiger partial charge in [-0.25, -0.2) is 4.79 Å². The molecule has 6 nitrogen and oxygen atoms in total. The monoisotopic (exact) mass is 344 g/mol. The lowest BCUT2D eigenvalue weighted by Gasteiger charge is -2.19. The van der Waals surface area contributed by atoms with Crippen molar-refractivity contribution in [1.29, 1.82) is 0 Å². The molecule has 0 radical (unpaired) electrons.